The van der Waals surface area contributed by atoms with Crippen LogP contribution in [0.3, 0.4) is 0 Å². The Balaban J connectivity index is 2.55. The number of hydrogen-bond donors (Lipinski definition) is 0. The van der Waals surface area contributed by atoms with E-state index >= 15 is 0 Å². The number of aromatic nitrogens is 2. The SMILES string of the molecule is O=c1cc(Cl)ncn1COCC(F)(F)F. The molecule has 0 fully saturated rings. The van der Waals surface area contributed by atoms with Crippen LogP contribution in [-0.2, 0) is 11.5 Å². The van der Waals surface area contributed by atoms with Gasteiger partial charge in [-0.2, -0.15) is 13.2 Å². The van der Waals surface area contributed by atoms with Gasteiger partial charge in [-0.3, -0.25) is 9.36 Å². The molecule has 0 aliphatic carbocycles. The summed E-state index contributed by atoms with van der Waals surface area (Å²) in [6.45, 7) is -1.93. The fraction of sp³-hybridized carbons (Fsp3) is 0.429. The average Bonchev–Trinajstić information content (AvgIpc) is 2.07. The lowest BCUT2D eigenvalue weighted by molar-refractivity contribution is -0.182. The van der Waals surface area contributed by atoms with Crippen LogP contribution in [0.1, 0.15) is 0 Å². The molecular formula is C7H6ClF3N2O2. The van der Waals surface area contributed by atoms with E-state index in [0.717, 1.165) is 17.0 Å². The maximum absolute atomic E-state index is 11.7. The molecule has 0 saturated heterocycles. The van der Waals surface area contributed by atoms with E-state index in [1.54, 1.807) is 0 Å². The summed E-state index contributed by atoms with van der Waals surface area (Å²) in [5.74, 6) is 0. The molecule has 15 heavy (non-hydrogen) atoms. The third kappa shape index (κ3) is 4.30. The third-order valence-corrected chi connectivity index (χ3v) is 1.55. The zero-order valence-electron chi connectivity index (χ0n) is 7.29. The number of hydrogen-bond acceptors (Lipinski definition) is 3. The van der Waals surface area contributed by atoms with Gasteiger partial charge in [0.05, 0.1) is 0 Å². The van der Waals surface area contributed by atoms with Gasteiger partial charge >= 0.3 is 6.18 Å². The van der Waals surface area contributed by atoms with Crippen LogP contribution < -0.4 is 5.56 Å². The van der Waals surface area contributed by atoms with Crippen molar-refractivity contribution in [2.75, 3.05) is 6.61 Å². The molecule has 0 spiro atoms. The van der Waals surface area contributed by atoms with Crippen molar-refractivity contribution >= 4 is 11.6 Å². The van der Waals surface area contributed by atoms with E-state index < -0.39 is 25.1 Å². The summed E-state index contributed by atoms with van der Waals surface area (Å²) >= 11 is 5.38. The Hall–Kier alpha value is -1.08. The van der Waals surface area contributed by atoms with E-state index in [1.165, 1.54) is 0 Å². The first kappa shape index (κ1) is 12.0. The minimum Gasteiger partial charge on any atom is -0.351 e. The number of alkyl halides is 3. The quantitative estimate of drug-likeness (QED) is 0.754. The molecule has 0 aliphatic heterocycles. The molecule has 1 aromatic rings. The van der Waals surface area contributed by atoms with Gasteiger partial charge in [-0.25, -0.2) is 4.98 Å². The monoisotopic (exact) mass is 242 g/mol. The van der Waals surface area contributed by atoms with Gasteiger partial charge in [0.25, 0.3) is 5.56 Å². The molecule has 0 amide bonds. The Kier molecular flexibility index (Phi) is 3.70. The van der Waals surface area contributed by atoms with E-state index in [1.807, 2.05) is 0 Å². The summed E-state index contributed by atoms with van der Waals surface area (Å²) in [5, 5.41) is -0.0212. The maximum Gasteiger partial charge on any atom is 0.411 e. The van der Waals surface area contributed by atoms with Gasteiger partial charge in [0.2, 0.25) is 0 Å². The van der Waals surface area contributed by atoms with Crippen molar-refractivity contribution < 1.29 is 17.9 Å². The fourth-order valence-electron chi connectivity index (χ4n) is 0.760. The zero-order valence-corrected chi connectivity index (χ0v) is 8.05. The molecule has 0 aliphatic rings. The topological polar surface area (TPSA) is 44.1 Å². The van der Waals surface area contributed by atoms with E-state index in [-0.39, 0.29) is 5.15 Å². The van der Waals surface area contributed by atoms with Gasteiger partial charge in [0, 0.05) is 6.07 Å². The van der Waals surface area contributed by atoms with Gasteiger partial charge in [0.1, 0.15) is 24.8 Å². The van der Waals surface area contributed by atoms with Crippen LogP contribution in [0, 0.1) is 0 Å². The van der Waals surface area contributed by atoms with Gasteiger partial charge in [0.15, 0.2) is 0 Å². The predicted octanol–water partition coefficient (Wildman–Crippen LogP) is 1.43. The molecule has 1 aromatic heterocycles. The summed E-state index contributed by atoms with van der Waals surface area (Å²) in [6, 6.07) is 0.985. The number of halogens is 4. The van der Waals surface area contributed by atoms with Gasteiger partial charge in [-0.15, -0.1) is 0 Å². The van der Waals surface area contributed by atoms with Gasteiger partial charge in [-0.1, -0.05) is 11.6 Å². The third-order valence-electron chi connectivity index (χ3n) is 1.34. The Morgan fingerprint density at radius 3 is 2.73 bits per heavy atom. The highest BCUT2D eigenvalue weighted by Crippen LogP contribution is 2.14. The number of ether oxygens (including phenoxy) is 1. The Labute approximate surface area is 87.3 Å². The average molecular weight is 243 g/mol. The van der Waals surface area contributed by atoms with Crippen LogP contribution >= 0.6 is 11.6 Å². The molecule has 1 rings (SSSR count). The molecule has 0 saturated carbocycles. The van der Waals surface area contributed by atoms with E-state index in [9.17, 15) is 18.0 Å². The summed E-state index contributed by atoms with van der Waals surface area (Å²) in [5.41, 5.74) is -0.572. The van der Waals surface area contributed by atoms with E-state index in [2.05, 4.69) is 9.72 Å². The lowest BCUT2D eigenvalue weighted by Gasteiger charge is -2.08. The molecule has 0 radical (unpaired) electrons. The Bertz CT molecular complexity index is 391. The number of nitrogens with zero attached hydrogens (tertiary/aromatic N) is 2. The molecule has 1 heterocycles. The summed E-state index contributed by atoms with van der Waals surface area (Å²) in [4.78, 5) is 14.6. The lowest BCUT2D eigenvalue weighted by Crippen LogP contribution is -2.24. The Morgan fingerprint density at radius 2 is 2.20 bits per heavy atom. The van der Waals surface area contributed by atoms with Crippen molar-refractivity contribution in [2.45, 2.75) is 12.9 Å². The standard InChI is InChI=1S/C7H6ClF3N2O2/c8-5-1-6(14)13(3-12-5)4-15-2-7(9,10)11/h1,3H,2,4H2. The van der Waals surface area contributed by atoms with Crippen LogP contribution in [0.4, 0.5) is 13.2 Å². The van der Waals surface area contributed by atoms with E-state index in [4.69, 9.17) is 11.6 Å². The highest BCUT2D eigenvalue weighted by molar-refractivity contribution is 6.29. The predicted molar refractivity (Wildman–Crippen MR) is 45.5 cm³/mol. The Morgan fingerprint density at radius 1 is 1.53 bits per heavy atom. The molecular weight excluding hydrogens is 237 g/mol. The van der Waals surface area contributed by atoms with Crippen LogP contribution in [0.5, 0.6) is 0 Å². The summed E-state index contributed by atoms with van der Waals surface area (Å²) in [7, 11) is 0. The molecule has 0 N–H and O–H groups in total. The molecule has 8 heteroatoms. The van der Waals surface area contributed by atoms with Crippen molar-refractivity contribution in [3.05, 3.63) is 27.9 Å². The smallest absolute Gasteiger partial charge is 0.351 e. The minimum absolute atomic E-state index is 0.0212. The van der Waals surface area contributed by atoms with E-state index in [0.29, 0.717) is 0 Å². The first-order valence-electron chi connectivity index (χ1n) is 3.75. The van der Waals surface area contributed by atoms with Gasteiger partial charge in [-0.05, 0) is 0 Å². The number of rotatable bonds is 3. The zero-order chi connectivity index (χ0) is 11.5. The molecule has 0 unspecified atom stereocenters. The van der Waals surface area contributed by atoms with Crippen LogP contribution in [0.25, 0.3) is 0 Å². The second kappa shape index (κ2) is 4.63. The normalized spacial score (nSPS) is 11.7. The van der Waals surface area contributed by atoms with Crippen LogP contribution in [0.2, 0.25) is 5.15 Å². The summed E-state index contributed by atoms with van der Waals surface area (Å²) in [6.07, 6.45) is -3.40. The van der Waals surface area contributed by atoms with Crippen molar-refractivity contribution in [3.8, 4) is 0 Å². The molecule has 0 bridgehead atoms. The highest BCUT2D eigenvalue weighted by atomic mass is 35.5. The van der Waals surface area contributed by atoms with Crippen LogP contribution in [-0.4, -0.2) is 22.3 Å². The largest absolute Gasteiger partial charge is 0.411 e. The second-order valence-electron chi connectivity index (χ2n) is 2.61. The van der Waals surface area contributed by atoms with Gasteiger partial charge < -0.3 is 4.74 Å². The molecule has 4 nitrogen and oxygen atoms in total. The summed E-state index contributed by atoms with van der Waals surface area (Å²) < 4.78 is 40.2. The first-order valence-corrected chi connectivity index (χ1v) is 4.13. The van der Waals surface area contributed by atoms with Crippen molar-refractivity contribution in [1.82, 2.24) is 9.55 Å². The molecule has 84 valence electrons. The van der Waals surface area contributed by atoms with Crippen molar-refractivity contribution in [2.24, 2.45) is 0 Å². The van der Waals surface area contributed by atoms with Crippen molar-refractivity contribution in [3.63, 3.8) is 0 Å². The molecule has 0 aromatic carbocycles. The second-order valence-corrected chi connectivity index (χ2v) is 3.00. The van der Waals surface area contributed by atoms with Crippen LogP contribution in [0.15, 0.2) is 17.2 Å². The lowest BCUT2D eigenvalue weighted by atomic mass is 10.6. The van der Waals surface area contributed by atoms with Crippen molar-refractivity contribution in [1.29, 1.82) is 0 Å². The minimum atomic E-state index is -4.41. The highest BCUT2D eigenvalue weighted by Gasteiger charge is 2.27. The maximum atomic E-state index is 11.7. The molecule has 0 atom stereocenters. The first-order chi connectivity index (χ1) is 6.88. The fourth-order valence-corrected chi connectivity index (χ4v) is 0.897.